The first kappa shape index (κ1) is 19.7. The monoisotopic (exact) mass is 387 g/mol. The maximum atomic E-state index is 10.7. The van der Waals surface area contributed by atoms with Gasteiger partial charge in [-0.25, -0.2) is 0 Å². The van der Waals surface area contributed by atoms with Crippen LogP contribution >= 0.6 is 0 Å². The Labute approximate surface area is 173 Å². The molecule has 4 rings (SSSR count). The standard InChI is InChI=1S/C26H29NO2/c1-19(2)27(16-20-9-4-3-5-10-20)17-23(28)18-29-25-14-8-12-22-15-21-11-6-7-13-24(21)26(22)25/h3-14,19,23,28H,15-18H2,1-2H3. The van der Waals surface area contributed by atoms with Gasteiger partial charge in [-0.1, -0.05) is 66.7 Å². The van der Waals surface area contributed by atoms with Gasteiger partial charge in [0.2, 0.25) is 0 Å². The molecule has 0 amide bonds. The van der Waals surface area contributed by atoms with Gasteiger partial charge in [-0.3, -0.25) is 4.90 Å². The molecule has 0 saturated carbocycles. The number of hydrogen-bond donors (Lipinski definition) is 1. The highest BCUT2D eigenvalue weighted by Crippen LogP contribution is 2.42. The molecule has 1 aliphatic carbocycles. The number of fused-ring (bicyclic) bond motifs is 3. The molecule has 0 spiro atoms. The molecule has 1 aliphatic rings. The molecular formula is C26H29NO2. The Kier molecular flexibility index (Phi) is 5.98. The third kappa shape index (κ3) is 4.52. The number of nitrogens with zero attached hydrogens (tertiary/aromatic N) is 1. The minimum atomic E-state index is -0.548. The molecule has 0 saturated heterocycles. The first-order chi connectivity index (χ1) is 14.1. The van der Waals surface area contributed by atoms with E-state index in [9.17, 15) is 5.11 Å². The van der Waals surface area contributed by atoms with E-state index in [2.05, 4.69) is 73.3 Å². The van der Waals surface area contributed by atoms with E-state index in [-0.39, 0.29) is 6.61 Å². The summed E-state index contributed by atoms with van der Waals surface area (Å²) in [6.07, 6.45) is 0.400. The van der Waals surface area contributed by atoms with Gasteiger partial charge in [0.1, 0.15) is 18.5 Å². The zero-order valence-electron chi connectivity index (χ0n) is 17.2. The van der Waals surface area contributed by atoms with Gasteiger partial charge < -0.3 is 9.84 Å². The van der Waals surface area contributed by atoms with E-state index in [0.717, 1.165) is 18.7 Å². The van der Waals surface area contributed by atoms with Crippen molar-refractivity contribution in [3.63, 3.8) is 0 Å². The summed E-state index contributed by atoms with van der Waals surface area (Å²) >= 11 is 0. The van der Waals surface area contributed by atoms with Gasteiger partial charge in [-0.2, -0.15) is 0 Å². The van der Waals surface area contributed by atoms with Gasteiger partial charge in [0, 0.05) is 24.7 Å². The van der Waals surface area contributed by atoms with Crippen molar-refractivity contribution >= 4 is 0 Å². The number of ether oxygens (including phenoxy) is 1. The molecule has 1 N–H and O–H groups in total. The molecule has 150 valence electrons. The highest BCUT2D eigenvalue weighted by atomic mass is 16.5. The van der Waals surface area contributed by atoms with Gasteiger partial charge in [0.05, 0.1) is 0 Å². The molecule has 1 unspecified atom stereocenters. The van der Waals surface area contributed by atoms with Gasteiger partial charge in [-0.05, 0) is 48.6 Å². The summed E-state index contributed by atoms with van der Waals surface area (Å²) in [4.78, 5) is 2.29. The van der Waals surface area contributed by atoms with Crippen LogP contribution in [0.15, 0.2) is 72.8 Å². The third-order valence-electron chi connectivity index (χ3n) is 5.62. The SMILES string of the molecule is CC(C)N(Cc1ccccc1)CC(O)COc1cccc2c1-c1ccccc1C2. The summed E-state index contributed by atoms with van der Waals surface area (Å²) in [5.74, 6) is 0.866. The van der Waals surface area contributed by atoms with Gasteiger partial charge in [0.15, 0.2) is 0 Å². The number of rotatable bonds is 8. The largest absolute Gasteiger partial charge is 0.490 e. The Morgan fingerprint density at radius 2 is 1.62 bits per heavy atom. The van der Waals surface area contributed by atoms with Crippen LogP contribution in [-0.4, -0.2) is 35.3 Å². The molecule has 0 fully saturated rings. The van der Waals surface area contributed by atoms with Crippen molar-refractivity contribution in [1.29, 1.82) is 0 Å². The van der Waals surface area contributed by atoms with Gasteiger partial charge >= 0.3 is 0 Å². The second kappa shape index (κ2) is 8.81. The van der Waals surface area contributed by atoms with Crippen LogP contribution in [0.1, 0.15) is 30.5 Å². The first-order valence-corrected chi connectivity index (χ1v) is 10.4. The molecule has 3 aromatic carbocycles. The van der Waals surface area contributed by atoms with Crippen LogP contribution in [0.3, 0.4) is 0 Å². The predicted molar refractivity (Wildman–Crippen MR) is 118 cm³/mol. The Morgan fingerprint density at radius 3 is 2.41 bits per heavy atom. The van der Waals surface area contributed by atoms with Crippen LogP contribution < -0.4 is 4.74 Å². The van der Waals surface area contributed by atoms with E-state index in [0.29, 0.717) is 12.6 Å². The molecule has 0 aliphatic heterocycles. The van der Waals surface area contributed by atoms with Crippen molar-refractivity contribution in [2.24, 2.45) is 0 Å². The molecule has 3 heteroatoms. The summed E-state index contributed by atoms with van der Waals surface area (Å²) in [6, 6.07) is 25.5. The highest BCUT2D eigenvalue weighted by Gasteiger charge is 2.22. The van der Waals surface area contributed by atoms with Crippen LogP contribution in [0.25, 0.3) is 11.1 Å². The Bertz CT molecular complexity index is 952. The Morgan fingerprint density at radius 1 is 0.897 bits per heavy atom. The summed E-state index contributed by atoms with van der Waals surface area (Å²) in [7, 11) is 0. The number of hydrogen-bond acceptors (Lipinski definition) is 3. The summed E-state index contributed by atoms with van der Waals surface area (Å²) in [5.41, 5.74) is 6.33. The molecule has 3 nitrogen and oxygen atoms in total. The molecular weight excluding hydrogens is 358 g/mol. The maximum absolute atomic E-state index is 10.7. The molecule has 29 heavy (non-hydrogen) atoms. The van der Waals surface area contributed by atoms with Crippen LogP contribution in [0.5, 0.6) is 5.75 Å². The van der Waals surface area contributed by atoms with Crippen LogP contribution in [0.4, 0.5) is 0 Å². The smallest absolute Gasteiger partial charge is 0.127 e. The van der Waals surface area contributed by atoms with Crippen LogP contribution in [0, 0.1) is 0 Å². The van der Waals surface area contributed by atoms with E-state index >= 15 is 0 Å². The third-order valence-corrected chi connectivity index (χ3v) is 5.62. The topological polar surface area (TPSA) is 32.7 Å². The first-order valence-electron chi connectivity index (χ1n) is 10.4. The second-order valence-corrected chi connectivity index (χ2v) is 8.10. The average molecular weight is 388 g/mol. The van der Waals surface area contributed by atoms with Crippen molar-refractivity contribution < 1.29 is 9.84 Å². The van der Waals surface area contributed by atoms with Crippen LogP contribution in [0.2, 0.25) is 0 Å². The molecule has 0 heterocycles. The van der Waals surface area contributed by atoms with E-state index in [1.54, 1.807) is 0 Å². The number of aliphatic hydroxyl groups is 1. The average Bonchev–Trinajstić information content (AvgIpc) is 3.11. The lowest BCUT2D eigenvalue weighted by molar-refractivity contribution is 0.0545. The Hall–Kier alpha value is -2.62. The zero-order chi connectivity index (χ0) is 20.2. The van der Waals surface area contributed by atoms with Crippen molar-refractivity contribution in [2.45, 2.75) is 39.0 Å². The molecule has 3 aromatic rings. The van der Waals surface area contributed by atoms with E-state index in [1.807, 2.05) is 18.2 Å². The summed E-state index contributed by atoms with van der Waals surface area (Å²) < 4.78 is 6.12. The van der Waals surface area contributed by atoms with E-state index in [4.69, 9.17) is 4.74 Å². The van der Waals surface area contributed by atoms with Gasteiger partial charge in [0.25, 0.3) is 0 Å². The fourth-order valence-electron chi connectivity index (χ4n) is 4.06. The van der Waals surface area contributed by atoms with Crippen molar-refractivity contribution in [1.82, 2.24) is 4.90 Å². The highest BCUT2D eigenvalue weighted by molar-refractivity contribution is 5.81. The van der Waals surface area contributed by atoms with Crippen molar-refractivity contribution in [3.8, 4) is 16.9 Å². The van der Waals surface area contributed by atoms with Crippen molar-refractivity contribution in [3.05, 3.63) is 89.5 Å². The maximum Gasteiger partial charge on any atom is 0.127 e. The number of benzene rings is 3. The van der Waals surface area contributed by atoms with E-state index in [1.165, 1.54) is 27.8 Å². The second-order valence-electron chi connectivity index (χ2n) is 8.10. The quantitative estimate of drug-likeness (QED) is 0.466. The lowest BCUT2D eigenvalue weighted by Gasteiger charge is -2.29. The minimum Gasteiger partial charge on any atom is -0.490 e. The predicted octanol–water partition coefficient (Wildman–Crippen LogP) is 4.91. The fraction of sp³-hybridized carbons (Fsp3) is 0.308. The van der Waals surface area contributed by atoms with Crippen molar-refractivity contribution in [2.75, 3.05) is 13.2 Å². The lowest BCUT2D eigenvalue weighted by Crippen LogP contribution is -2.39. The molecule has 1 atom stereocenters. The molecule has 0 radical (unpaired) electrons. The van der Waals surface area contributed by atoms with E-state index < -0.39 is 6.10 Å². The summed E-state index contributed by atoms with van der Waals surface area (Å²) in [5, 5.41) is 10.7. The normalized spacial score (nSPS) is 13.4. The zero-order valence-corrected chi connectivity index (χ0v) is 17.2. The summed E-state index contributed by atoms with van der Waals surface area (Å²) in [6.45, 7) is 6.02. The van der Waals surface area contributed by atoms with Gasteiger partial charge in [-0.15, -0.1) is 0 Å². The minimum absolute atomic E-state index is 0.288. The number of aliphatic hydroxyl groups excluding tert-OH is 1. The van der Waals surface area contributed by atoms with Crippen LogP contribution in [-0.2, 0) is 13.0 Å². The Balaban J connectivity index is 1.42. The fourth-order valence-corrected chi connectivity index (χ4v) is 4.06. The molecule has 0 bridgehead atoms. The lowest BCUT2D eigenvalue weighted by atomic mass is 10.0. The molecule has 0 aromatic heterocycles.